The summed E-state index contributed by atoms with van der Waals surface area (Å²) >= 11 is 12.0. The maximum atomic E-state index is 12.1. The Hall–Kier alpha value is -1.24. The van der Waals surface area contributed by atoms with E-state index >= 15 is 0 Å². The van der Waals surface area contributed by atoms with Crippen LogP contribution in [0.5, 0.6) is 0 Å². The van der Waals surface area contributed by atoms with Crippen LogP contribution in [0.3, 0.4) is 0 Å². The minimum absolute atomic E-state index is 0.0767. The fourth-order valence-corrected chi connectivity index (χ4v) is 4.44. The van der Waals surface area contributed by atoms with Crippen molar-refractivity contribution in [2.45, 2.75) is 38.5 Å². The molecule has 1 aliphatic carbocycles. The van der Waals surface area contributed by atoms with Gasteiger partial charge in [-0.1, -0.05) is 34.9 Å². The van der Waals surface area contributed by atoms with Crippen LogP contribution in [-0.2, 0) is 14.8 Å². The van der Waals surface area contributed by atoms with Gasteiger partial charge in [0.05, 0.1) is 17.0 Å². The summed E-state index contributed by atoms with van der Waals surface area (Å²) < 4.78 is 25.4. The zero-order valence-electron chi connectivity index (χ0n) is 14.8. The summed E-state index contributed by atoms with van der Waals surface area (Å²) in [6.07, 6.45) is 8.47. The van der Waals surface area contributed by atoms with Crippen molar-refractivity contribution in [3.63, 3.8) is 0 Å². The number of benzene rings is 1. The zero-order chi connectivity index (χ0) is 19.2. The lowest BCUT2D eigenvalue weighted by Gasteiger charge is -2.23. The number of rotatable bonds is 8. The number of carbonyl (C=O) groups excluding carboxylic acids is 1. The van der Waals surface area contributed by atoms with E-state index in [1.165, 1.54) is 28.8 Å². The van der Waals surface area contributed by atoms with Crippen molar-refractivity contribution < 1.29 is 13.2 Å². The van der Waals surface area contributed by atoms with E-state index in [9.17, 15) is 13.2 Å². The van der Waals surface area contributed by atoms with Crippen LogP contribution in [0.4, 0.5) is 5.69 Å². The maximum Gasteiger partial charge on any atom is 0.232 e. The maximum absolute atomic E-state index is 12.1. The highest BCUT2D eigenvalue weighted by atomic mass is 35.5. The van der Waals surface area contributed by atoms with Crippen molar-refractivity contribution >= 4 is 44.8 Å². The second kappa shape index (κ2) is 9.62. The van der Waals surface area contributed by atoms with Crippen molar-refractivity contribution in [2.24, 2.45) is 0 Å². The first-order valence-electron chi connectivity index (χ1n) is 8.65. The fourth-order valence-electron chi connectivity index (χ4n) is 2.90. The van der Waals surface area contributed by atoms with Crippen LogP contribution in [0.25, 0.3) is 0 Å². The van der Waals surface area contributed by atoms with Crippen LogP contribution < -0.4 is 9.62 Å². The van der Waals surface area contributed by atoms with Gasteiger partial charge in [0.15, 0.2) is 0 Å². The number of halogens is 2. The molecule has 1 N–H and O–H groups in total. The summed E-state index contributed by atoms with van der Waals surface area (Å²) in [6.45, 7) is 0.758. The fraction of sp³-hybridized carbons (Fsp3) is 0.500. The van der Waals surface area contributed by atoms with Gasteiger partial charge in [-0.2, -0.15) is 0 Å². The molecule has 0 heterocycles. The van der Waals surface area contributed by atoms with Crippen LogP contribution in [0.2, 0.25) is 10.0 Å². The zero-order valence-corrected chi connectivity index (χ0v) is 17.1. The van der Waals surface area contributed by atoms with E-state index in [2.05, 4.69) is 11.4 Å². The lowest BCUT2D eigenvalue weighted by Crippen LogP contribution is -2.32. The normalized spacial score (nSPS) is 14.7. The van der Waals surface area contributed by atoms with E-state index < -0.39 is 10.0 Å². The van der Waals surface area contributed by atoms with Gasteiger partial charge in [0, 0.05) is 24.5 Å². The molecule has 1 aliphatic rings. The number of hydrogen-bond donors (Lipinski definition) is 1. The van der Waals surface area contributed by atoms with Crippen LogP contribution in [0.15, 0.2) is 29.8 Å². The Kier molecular flexibility index (Phi) is 7.80. The second-order valence-electron chi connectivity index (χ2n) is 6.42. The van der Waals surface area contributed by atoms with Crippen LogP contribution in [-0.4, -0.2) is 33.7 Å². The molecule has 0 atom stereocenters. The van der Waals surface area contributed by atoms with Gasteiger partial charge >= 0.3 is 0 Å². The first kappa shape index (κ1) is 21.1. The van der Waals surface area contributed by atoms with E-state index in [1.54, 1.807) is 12.1 Å². The quantitative estimate of drug-likeness (QED) is 0.644. The topological polar surface area (TPSA) is 66.5 Å². The lowest BCUT2D eigenvalue weighted by molar-refractivity contribution is -0.120. The Morgan fingerprint density at radius 1 is 1.27 bits per heavy atom. The van der Waals surface area contributed by atoms with E-state index in [0.29, 0.717) is 23.7 Å². The van der Waals surface area contributed by atoms with E-state index in [-0.39, 0.29) is 23.9 Å². The third-order valence-electron chi connectivity index (χ3n) is 4.24. The molecule has 0 spiro atoms. The summed E-state index contributed by atoms with van der Waals surface area (Å²) in [5.74, 6) is -0.0767. The molecule has 1 aromatic rings. The average Bonchev–Trinajstić information content (AvgIpc) is 2.58. The number of hydrogen-bond acceptors (Lipinski definition) is 3. The Bertz CT molecular complexity index is 779. The third kappa shape index (κ3) is 6.49. The molecule has 2 rings (SSSR count). The summed E-state index contributed by atoms with van der Waals surface area (Å²) in [5.41, 5.74) is 1.64. The summed E-state index contributed by atoms with van der Waals surface area (Å²) in [4.78, 5) is 12.0. The van der Waals surface area contributed by atoms with Crippen molar-refractivity contribution in [3.8, 4) is 0 Å². The van der Waals surface area contributed by atoms with Gasteiger partial charge in [0.25, 0.3) is 0 Å². The molecule has 1 aromatic carbocycles. The number of allylic oxidation sites excluding steroid dienone is 1. The smallest absolute Gasteiger partial charge is 0.232 e. The largest absolute Gasteiger partial charge is 0.352 e. The molecule has 0 bridgehead atoms. The van der Waals surface area contributed by atoms with Gasteiger partial charge in [-0.3, -0.25) is 9.10 Å². The Morgan fingerprint density at radius 2 is 2.04 bits per heavy atom. The first-order chi connectivity index (χ1) is 12.3. The molecule has 5 nitrogen and oxygen atoms in total. The van der Waals surface area contributed by atoms with Gasteiger partial charge in [-0.15, -0.1) is 0 Å². The first-order valence-corrected chi connectivity index (χ1v) is 11.2. The second-order valence-corrected chi connectivity index (χ2v) is 9.17. The Labute approximate surface area is 165 Å². The molecule has 0 saturated carbocycles. The highest BCUT2D eigenvalue weighted by Gasteiger charge is 2.20. The van der Waals surface area contributed by atoms with Crippen molar-refractivity contribution in [1.82, 2.24) is 5.32 Å². The number of amides is 1. The number of nitrogens with one attached hydrogen (secondary N) is 1. The molecule has 0 aromatic heterocycles. The molecule has 26 heavy (non-hydrogen) atoms. The Balaban J connectivity index is 1.89. The number of anilines is 1. The van der Waals surface area contributed by atoms with Gasteiger partial charge in [0.1, 0.15) is 0 Å². The van der Waals surface area contributed by atoms with Crippen molar-refractivity contribution in [1.29, 1.82) is 0 Å². The average molecular weight is 419 g/mol. The molecular formula is C18H24Cl2N2O3S. The molecule has 0 radical (unpaired) electrons. The number of carbonyl (C=O) groups is 1. The van der Waals surface area contributed by atoms with Gasteiger partial charge < -0.3 is 5.32 Å². The molecule has 0 aliphatic heterocycles. The van der Waals surface area contributed by atoms with Gasteiger partial charge in [0.2, 0.25) is 15.9 Å². The van der Waals surface area contributed by atoms with Crippen LogP contribution in [0, 0.1) is 0 Å². The molecule has 0 saturated heterocycles. The lowest BCUT2D eigenvalue weighted by atomic mass is 10.00. The molecule has 1 amide bonds. The minimum Gasteiger partial charge on any atom is -0.352 e. The molecule has 144 valence electrons. The summed E-state index contributed by atoms with van der Waals surface area (Å²) in [6, 6.07) is 4.66. The summed E-state index contributed by atoms with van der Waals surface area (Å²) in [7, 11) is -3.52. The number of sulfonamides is 1. The third-order valence-corrected chi connectivity index (χ3v) is 5.96. The highest BCUT2D eigenvalue weighted by Crippen LogP contribution is 2.30. The van der Waals surface area contributed by atoms with Crippen LogP contribution >= 0.6 is 23.2 Å². The highest BCUT2D eigenvalue weighted by molar-refractivity contribution is 7.92. The standard InChI is InChI=1S/C18H24Cl2N2O3S/c1-26(24,25)22(17-10-9-15(19)12-16(17)20)11-5-8-18(23)21-13-14-6-3-2-4-7-14/h6,9-10,12H,2-5,7-8,11,13H2,1H3,(H,21,23). The van der Waals surface area contributed by atoms with Crippen molar-refractivity contribution in [3.05, 3.63) is 39.9 Å². The van der Waals surface area contributed by atoms with Crippen LogP contribution in [0.1, 0.15) is 38.5 Å². The van der Waals surface area contributed by atoms with Gasteiger partial charge in [-0.05, 0) is 50.3 Å². The van der Waals surface area contributed by atoms with Gasteiger partial charge in [-0.25, -0.2) is 8.42 Å². The predicted octanol–water partition coefficient (Wildman–Crippen LogP) is 4.16. The molecular weight excluding hydrogens is 395 g/mol. The molecule has 0 fully saturated rings. The monoisotopic (exact) mass is 418 g/mol. The van der Waals surface area contributed by atoms with E-state index in [0.717, 1.165) is 19.1 Å². The molecule has 8 heteroatoms. The predicted molar refractivity (Wildman–Crippen MR) is 107 cm³/mol. The number of nitrogens with zero attached hydrogens (tertiary/aromatic N) is 1. The Morgan fingerprint density at radius 3 is 2.65 bits per heavy atom. The molecule has 0 unspecified atom stereocenters. The van der Waals surface area contributed by atoms with Crippen molar-refractivity contribution in [2.75, 3.05) is 23.7 Å². The van der Waals surface area contributed by atoms with E-state index in [4.69, 9.17) is 23.2 Å². The minimum atomic E-state index is -3.52. The SMILES string of the molecule is CS(=O)(=O)N(CCCC(=O)NCC1=CCCCC1)c1ccc(Cl)cc1Cl. The summed E-state index contributed by atoms with van der Waals surface area (Å²) in [5, 5.41) is 3.60. The van der Waals surface area contributed by atoms with E-state index in [1.807, 2.05) is 0 Å².